The summed E-state index contributed by atoms with van der Waals surface area (Å²) >= 11 is 0. The van der Waals surface area contributed by atoms with Crippen LogP contribution in [0, 0.1) is 0 Å². The fourth-order valence-electron chi connectivity index (χ4n) is 2.82. The first-order valence-corrected chi connectivity index (χ1v) is 6.91. The minimum atomic E-state index is 0.616. The number of piperidine rings is 1. The molecule has 0 saturated carbocycles. The SMILES string of the molecule is COc1ccc(N)cc1CN(C)C1CCCN(C)C1. The second-order valence-corrected chi connectivity index (χ2v) is 5.54. The molecular weight excluding hydrogens is 238 g/mol. The first kappa shape index (κ1) is 14.2. The molecule has 1 aliphatic heterocycles. The van der Waals surface area contributed by atoms with Gasteiger partial charge in [0.1, 0.15) is 5.75 Å². The first-order valence-electron chi connectivity index (χ1n) is 6.91. The van der Waals surface area contributed by atoms with Crippen molar-refractivity contribution in [2.45, 2.75) is 25.4 Å². The molecule has 1 heterocycles. The van der Waals surface area contributed by atoms with Crippen molar-refractivity contribution in [3.8, 4) is 5.75 Å². The van der Waals surface area contributed by atoms with E-state index in [2.05, 4.69) is 23.9 Å². The number of methoxy groups -OCH3 is 1. The Bertz CT molecular complexity index is 422. The number of nitrogens with zero attached hydrogens (tertiary/aromatic N) is 2. The first-order chi connectivity index (χ1) is 9.10. The molecule has 19 heavy (non-hydrogen) atoms. The van der Waals surface area contributed by atoms with Crippen molar-refractivity contribution in [2.75, 3.05) is 40.0 Å². The molecule has 1 aliphatic rings. The zero-order valence-corrected chi connectivity index (χ0v) is 12.2. The zero-order valence-electron chi connectivity index (χ0n) is 12.2. The molecule has 1 atom stereocenters. The van der Waals surface area contributed by atoms with Gasteiger partial charge in [0.05, 0.1) is 7.11 Å². The summed E-state index contributed by atoms with van der Waals surface area (Å²) in [7, 11) is 6.09. The summed E-state index contributed by atoms with van der Waals surface area (Å²) < 4.78 is 5.42. The number of hydrogen-bond acceptors (Lipinski definition) is 4. The highest BCUT2D eigenvalue weighted by atomic mass is 16.5. The number of nitrogen functional groups attached to an aromatic ring is 1. The van der Waals surface area contributed by atoms with Crippen LogP contribution in [0.4, 0.5) is 5.69 Å². The van der Waals surface area contributed by atoms with Crippen LogP contribution in [0.15, 0.2) is 18.2 Å². The third kappa shape index (κ3) is 3.61. The molecule has 0 aromatic heterocycles. The van der Waals surface area contributed by atoms with E-state index in [4.69, 9.17) is 10.5 Å². The lowest BCUT2D eigenvalue weighted by Crippen LogP contribution is -2.44. The second kappa shape index (κ2) is 6.26. The van der Waals surface area contributed by atoms with E-state index in [1.807, 2.05) is 18.2 Å². The molecule has 0 radical (unpaired) electrons. The molecule has 2 N–H and O–H groups in total. The summed E-state index contributed by atoms with van der Waals surface area (Å²) in [6.45, 7) is 3.24. The number of nitrogens with two attached hydrogens (primary N) is 1. The van der Waals surface area contributed by atoms with E-state index in [9.17, 15) is 0 Å². The van der Waals surface area contributed by atoms with Crippen molar-refractivity contribution in [1.29, 1.82) is 0 Å². The Labute approximate surface area is 116 Å². The van der Waals surface area contributed by atoms with Crippen molar-refractivity contribution in [1.82, 2.24) is 9.80 Å². The molecular formula is C15H25N3O. The molecule has 1 aromatic rings. The van der Waals surface area contributed by atoms with Crippen LogP contribution in [0.2, 0.25) is 0 Å². The van der Waals surface area contributed by atoms with Gasteiger partial charge in [0.15, 0.2) is 0 Å². The zero-order chi connectivity index (χ0) is 13.8. The van der Waals surface area contributed by atoms with Gasteiger partial charge in [-0.25, -0.2) is 0 Å². The van der Waals surface area contributed by atoms with Crippen LogP contribution < -0.4 is 10.5 Å². The lowest BCUT2D eigenvalue weighted by Gasteiger charge is -2.36. The van der Waals surface area contributed by atoms with Gasteiger partial charge in [-0.3, -0.25) is 4.90 Å². The normalized spacial score (nSPS) is 20.7. The van der Waals surface area contributed by atoms with Crippen LogP contribution in [0.1, 0.15) is 18.4 Å². The quantitative estimate of drug-likeness (QED) is 0.841. The molecule has 1 unspecified atom stereocenters. The van der Waals surface area contributed by atoms with Gasteiger partial charge in [0, 0.05) is 30.4 Å². The summed E-state index contributed by atoms with van der Waals surface area (Å²) in [4.78, 5) is 4.81. The highest BCUT2D eigenvalue weighted by Gasteiger charge is 2.21. The molecule has 2 rings (SSSR count). The van der Waals surface area contributed by atoms with E-state index < -0.39 is 0 Å². The van der Waals surface area contributed by atoms with Gasteiger partial charge in [0.25, 0.3) is 0 Å². The summed E-state index contributed by atoms with van der Waals surface area (Å²) in [5, 5.41) is 0. The highest BCUT2D eigenvalue weighted by Crippen LogP contribution is 2.24. The van der Waals surface area contributed by atoms with Gasteiger partial charge >= 0.3 is 0 Å². The van der Waals surface area contributed by atoms with E-state index in [0.29, 0.717) is 6.04 Å². The molecule has 4 heteroatoms. The maximum Gasteiger partial charge on any atom is 0.123 e. The minimum absolute atomic E-state index is 0.616. The van der Waals surface area contributed by atoms with E-state index in [0.717, 1.165) is 24.5 Å². The Morgan fingerprint density at radius 3 is 2.95 bits per heavy atom. The average molecular weight is 263 g/mol. The van der Waals surface area contributed by atoms with Crippen molar-refractivity contribution in [3.05, 3.63) is 23.8 Å². The summed E-state index contributed by atoms with van der Waals surface area (Å²) in [6, 6.07) is 6.47. The van der Waals surface area contributed by atoms with Crippen molar-refractivity contribution in [2.24, 2.45) is 0 Å². The molecule has 0 bridgehead atoms. The molecule has 106 valence electrons. The number of benzene rings is 1. The molecule has 1 aromatic carbocycles. The van der Waals surface area contributed by atoms with Crippen molar-refractivity contribution >= 4 is 5.69 Å². The number of ether oxygens (including phenoxy) is 1. The Kier molecular flexibility index (Phi) is 4.66. The van der Waals surface area contributed by atoms with Gasteiger partial charge in [-0.05, 0) is 51.7 Å². The predicted octanol–water partition coefficient (Wildman–Crippen LogP) is 1.80. The van der Waals surface area contributed by atoms with Crippen molar-refractivity contribution in [3.63, 3.8) is 0 Å². The minimum Gasteiger partial charge on any atom is -0.496 e. The molecule has 4 nitrogen and oxygen atoms in total. The molecule has 0 amide bonds. The summed E-state index contributed by atoms with van der Waals surface area (Å²) in [6.07, 6.45) is 2.55. The fraction of sp³-hybridized carbons (Fsp3) is 0.600. The van der Waals surface area contributed by atoms with Gasteiger partial charge in [0.2, 0.25) is 0 Å². The van der Waals surface area contributed by atoms with Crippen LogP contribution in [0.5, 0.6) is 5.75 Å². The molecule has 1 fully saturated rings. The third-order valence-corrected chi connectivity index (χ3v) is 3.95. The summed E-state index contributed by atoms with van der Waals surface area (Å²) in [5.74, 6) is 0.921. The van der Waals surface area contributed by atoms with Gasteiger partial charge in [-0.2, -0.15) is 0 Å². The lowest BCUT2D eigenvalue weighted by atomic mass is 10.0. The number of hydrogen-bond donors (Lipinski definition) is 1. The standard InChI is InChI=1S/C15H25N3O/c1-17-8-4-5-14(11-17)18(2)10-12-9-13(16)6-7-15(12)19-3/h6-7,9,14H,4-5,8,10-11,16H2,1-3H3. The number of likely N-dealkylation sites (N-methyl/N-ethyl adjacent to an activating group) is 2. The van der Waals surface area contributed by atoms with Gasteiger partial charge in [-0.15, -0.1) is 0 Å². The van der Waals surface area contributed by atoms with Gasteiger partial charge < -0.3 is 15.4 Å². The Morgan fingerprint density at radius 2 is 2.26 bits per heavy atom. The van der Waals surface area contributed by atoms with E-state index in [1.165, 1.54) is 24.9 Å². The van der Waals surface area contributed by atoms with E-state index in [-0.39, 0.29) is 0 Å². The molecule has 1 saturated heterocycles. The van der Waals surface area contributed by atoms with Crippen LogP contribution in [-0.2, 0) is 6.54 Å². The second-order valence-electron chi connectivity index (χ2n) is 5.54. The highest BCUT2D eigenvalue weighted by molar-refractivity contribution is 5.47. The number of rotatable bonds is 4. The number of likely N-dealkylation sites (tertiary alicyclic amines) is 1. The van der Waals surface area contributed by atoms with Crippen LogP contribution in [0.25, 0.3) is 0 Å². The molecule has 0 aliphatic carbocycles. The largest absolute Gasteiger partial charge is 0.496 e. The average Bonchev–Trinajstić information content (AvgIpc) is 2.39. The third-order valence-electron chi connectivity index (χ3n) is 3.95. The smallest absolute Gasteiger partial charge is 0.123 e. The Hall–Kier alpha value is -1.26. The van der Waals surface area contributed by atoms with E-state index in [1.54, 1.807) is 7.11 Å². The maximum absolute atomic E-state index is 5.88. The van der Waals surface area contributed by atoms with Crippen LogP contribution in [-0.4, -0.2) is 50.1 Å². The predicted molar refractivity (Wildman–Crippen MR) is 79.4 cm³/mol. The van der Waals surface area contributed by atoms with Gasteiger partial charge in [-0.1, -0.05) is 0 Å². The van der Waals surface area contributed by atoms with Crippen LogP contribution >= 0.6 is 0 Å². The van der Waals surface area contributed by atoms with Crippen LogP contribution in [0.3, 0.4) is 0 Å². The maximum atomic E-state index is 5.88. The van der Waals surface area contributed by atoms with E-state index >= 15 is 0 Å². The Morgan fingerprint density at radius 1 is 1.47 bits per heavy atom. The summed E-state index contributed by atoms with van der Waals surface area (Å²) in [5.41, 5.74) is 7.84. The fourth-order valence-corrected chi connectivity index (χ4v) is 2.82. The lowest BCUT2D eigenvalue weighted by molar-refractivity contribution is 0.128. The van der Waals surface area contributed by atoms with Crippen molar-refractivity contribution < 1.29 is 4.74 Å². The Balaban J connectivity index is 2.05. The topological polar surface area (TPSA) is 41.7 Å². The monoisotopic (exact) mass is 263 g/mol. The number of anilines is 1. The molecule has 0 spiro atoms.